The monoisotopic (exact) mass is 193 g/mol. The van der Waals surface area contributed by atoms with Gasteiger partial charge in [-0.25, -0.2) is 9.97 Å². The fourth-order valence-corrected chi connectivity index (χ4v) is 1.49. The summed E-state index contributed by atoms with van der Waals surface area (Å²) in [6.07, 6.45) is 6.26. The summed E-state index contributed by atoms with van der Waals surface area (Å²) in [5, 5.41) is 3.17. The Bertz CT molecular complexity index is 280. The zero-order chi connectivity index (χ0) is 9.80. The second-order valence-electron chi connectivity index (χ2n) is 3.60. The molecule has 0 spiro atoms. The van der Waals surface area contributed by atoms with E-state index in [1.165, 1.54) is 6.42 Å². The molecule has 0 radical (unpaired) electrons. The number of hydrogen-bond acceptors (Lipinski definition) is 4. The first kappa shape index (κ1) is 9.40. The minimum absolute atomic E-state index is 0.333. The van der Waals surface area contributed by atoms with Crippen molar-refractivity contribution in [2.75, 3.05) is 18.5 Å². The molecule has 1 unspecified atom stereocenters. The molecular weight excluding hydrogens is 178 g/mol. The van der Waals surface area contributed by atoms with Crippen molar-refractivity contribution in [3.8, 4) is 0 Å². The van der Waals surface area contributed by atoms with Crippen LogP contribution in [0.5, 0.6) is 0 Å². The van der Waals surface area contributed by atoms with E-state index in [9.17, 15) is 0 Å². The summed E-state index contributed by atoms with van der Waals surface area (Å²) in [4.78, 5) is 8.32. The van der Waals surface area contributed by atoms with Crippen molar-refractivity contribution in [3.63, 3.8) is 0 Å². The highest BCUT2D eigenvalue weighted by Crippen LogP contribution is 2.12. The SMILES string of the molecule is Cc1cnc(NCC2CCCO2)nc1. The molecule has 14 heavy (non-hydrogen) atoms. The molecule has 0 saturated carbocycles. The van der Waals surface area contributed by atoms with Gasteiger partial charge in [0.15, 0.2) is 0 Å². The number of rotatable bonds is 3. The molecule has 1 aromatic heterocycles. The van der Waals surface area contributed by atoms with Gasteiger partial charge in [-0.3, -0.25) is 0 Å². The molecule has 0 amide bonds. The number of nitrogens with one attached hydrogen (secondary N) is 1. The predicted octanol–water partition coefficient (Wildman–Crippen LogP) is 1.38. The van der Waals surface area contributed by atoms with Gasteiger partial charge in [0.05, 0.1) is 6.10 Å². The Balaban J connectivity index is 1.82. The Hall–Kier alpha value is -1.16. The molecular formula is C10H15N3O. The summed E-state index contributed by atoms with van der Waals surface area (Å²) in [6, 6.07) is 0. The van der Waals surface area contributed by atoms with Crippen molar-refractivity contribution >= 4 is 5.95 Å². The molecule has 0 bridgehead atoms. The van der Waals surface area contributed by atoms with E-state index in [1.807, 2.05) is 19.3 Å². The van der Waals surface area contributed by atoms with Crippen molar-refractivity contribution in [1.29, 1.82) is 0 Å². The van der Waals surface area contributed by atoms with Gasteiger partial charge >= 0.3 is 0 Å². The maximum absolute atomic E-state index is 5.48. The van der Waals surface area contributed by atoms with E-state index < -0.39 is 0 Å². The van der Waals surface area contributed by atoms with Gasteiger partial charge in [-0.2, -0.15) is 0 Å². The fraction of sp³-hybridized carbons (Fsp3) is 0.600. The topological polar surface area (TPSA) is 47.0 Å². The molecule has 76 valence electrons. The van der Waals surface area contributed by atoms with Gasteiger partial charge in [-0.15, -0.1) is 0 Å². The third-order valence-corrected chi connectivity index (χ3v) is 2.29. The zero-order valence-electron chi connectivity index (χ0n) is 8.36. The second-order valence-corrected chi connectivity index (χ2v) is 3.60. The molecule has 2 heterocycles. The quantitative estimate of drug-likeness (QED) is 0.787. The lowest BCUT2D eigenvalue weighted by atomic mass is 10.2. The number of hydrogen-bond donors (Lipinski definition) is 1. The number of anilines is 1. The molecule has 4 heteroatoms. The number of ether oxygens (including phenoxy) is 1. The summed E-state index contributed by atoms with van der Waals surface area (Å²) in [6.45, 7) is 3.67. The van der Waals surface area contributed by atoms with E-state index >= 15 is 0 Å². The normalized spacial score (nSPS) is 21.1. The molecule has 1 aliphatic heterocycles. The first-order valence-electron chi connectivity index (χ1n) is 4.99. The van der Waals surface area contributed by atoms with Crippen LogP contribution in [0.2, 0.25) is 0 Å². The van der Waals surface area contributed by atoms with Crippen molar-refractivity contribution in [1.82, 2.24) is 9.97 Å². The Morgan fingerprint density at radius 1 is 1.50 bits per heavy atom. The third-order valence-electron chi connectivity index (χ3n) is 2.29. The fourth-order valence-electron chi connectivity index (χ4n) is 1.49. The van der Waals surface area contributed by atoms with E-state index in [1.54, 1.807) is 0 Å². The molecule has 1 aliphatic rings. The predicted molar refractivity (Wildman–Crippen MR) is 54.2 cm³/mol. The van der Waals surface area contributed by atoms with Crippen molar-refractivity contribution < 1.29 is 4.74 Å². The highest BCUT2D eigenvalue weighted by Gasteiger charge is 2.14. The largest absolute Gasteiger partial charge is 0.376 e. The van der Waals surface area contributed by atoms with Gasteiger partial charge in [-0.05, 0) is 25.3 Å². The van der Waals surface area contributed by atoms with Crippen LogP contribution in [0, 0.1) is 6.92 Å². The van der Waals surface area contributed by atoms with E-state index in [2.05, 4.69) is 15.3 Å². The average Bonchev–Trinajstić information content (AvgIpc) is 2.70. The molecule has 1 N–H and O–H groups in total. The number of aryl methyl sites for hydroxylation is 1. The van der Waals surface area contributed by atoms with Crippen molar-refractivity contribution in [2.45, 2.75) is 25.9 Å². The summed E-state index contributed by atoms with van der Waals surface area (Å²) in [5.74, 6) is 0.686. The van der Waals surface area contributed by atoms with Crippen LogP contribution in [0.25, 0.3) is 0 Å². The lowest BCUT2D eigenvalue weighted by Crippen LogP contribution is -2.19. The van der Waals surface area contributed by atoms with Gasteiger partial charge in [-0.1, -0.05) is 0 Å². The molecule has 0 aromatic carbocycles. The Kier molecular flexibility index (Phi) is 2.93. The molecule has 1 fully saturated rings. The minimum atomic E-state index is 0.333. The molecule has 2 rings (SSSR count). The first-order chi connectivity index (χ1) is 6.84. The Morgan fingerprint density at radius 3 is 2.93 bits per heavy atom. The standard InChI is InChI=1S/C10H15N3O/c1-8-5-11-10(12-6-8)13-7-9-3-2-4-14-9/h5-6,9H,2-4,7H2,1H3,(H,11,12,13). The van der Waals surface area contributed by atoms with Crippen molar-refractivity contribution in [3.05, 3.63) is 18.0 Å². The summed E-state index contributed by atoms with van der Waals surface area (Å²) < 4.78 is 5.48. The van der Waals surface area contributed by atoms with Gasteiger partial charge in [0, 0.05) is 25.5 Å². The molecule has 4 nitrogen and oxygen atoms in total. The van der Waals surface area contributed by atoms with E-state index in [0.29, 0.717) is 12.1 Å². The lowest BCUT2D eigenvalue weighted by molar-refractivity contribution is 0.120. The van der Waals surface area contributed by atoms with Crippen LogP contribution < -0.4 is 5.32 Å². The molecule has 1 aromatic rings. The number of aromatic nitrogens is 2. The van der Waals surface area contributed by atoms with Gasteiger partial charge in [0.1, 0.15) is 0 Å². The summed E-state index contributed by atoms with van der Waals surface area (Å²) in [5.41, 5.74) is 1.08. The summed E-state index contributed by atoms with van der Waals surface area (Å²) in [7, 11) is 0. The van der Waals surface area contributed by atoms with Gasteiger partial charge in [0.2, 0.25) is 5.95 Å². The van der Waals surface area contributed by atoms with Crippen LogP contribution in [0.1, 0.15) is 18.4 Å². The highest BCUT2D eigenvalue weighted by molar-refractivity contribution is 5.24. The maximum Gasteiger partial charge on any atom is 0.222 e. The van der Waals surface area contributed by atoms with Crippen LogP contribution >= 0.6 is 0 Å². The molecule has 1 saturated heterocycles. The highest BCUT2D eigenvalue weighted by atomic mass is 16.5. The van der Waals surface area contributed by atoms with Crippen LogP contribution in [0.3, 0.4) is 0 Å². The van der Waals surface area contributed by atoms with Crippen LogP contribution in [0.15, 0.2) is 12.4 Å². The third kappa shape index (κ3) is 2.42. The molecule has 0 aliphatic carbocycles. The van der Waals surface area contributed by atoms with Crippen LogP contribution in [-0.4, -0.2) is 29.2 Å². The smallest absolute Gasteiger partial charge is 0.222 e. The zero-order valence-corrected chi connectivity index (χ0v) is 8.36. The van der Waals surface area contributed by atoms with Crippen LogP contribution in [-0.2, 0) is 4.74 Å². The second kappa shape index (κ2) is 4.37. The van der Waals surface area contributed by atoms with Gasteiger partial charge < -0.3 is 10.1 Å². The summed E-state index contributed by atoms with van der Waals surface area (Å²) >= 11 is 0. The Morgan fingerprint density at radius 2 is 2.29 bits per heavy atom. The van der Waals surface area contributed by atoms with Crippen LogP contribution in [0.4, 0.5) is 5.95 Å². The lowest BCUT2D eigenvalue weighted by Gasteiger charge is -2.10. The maximum atomic E-state index is 5.48. The number of nitrogens with zero attached hydrogens (tertiary/aromatic N) is 2. The first-order valence-corrected chi connectivity index (χ1v) is 4.99. The van der Waals surface area contributed by atoms with E-state index in [-0.39, 0.29) is 0 Å². The molecule has 1 atom stereocenters. The minimum Gasteiger partial charge on any atom is -0.376 e. The average molecular weight is 193 g/mol. The Labute approximate surface area is 83.7 Å². The van der Waals surface area contributed by atoms with E-state index in [0.717, 1.165) is 25.1 Å². The van der Waals surface area contributed by atoms with Crippen molar-refractivity contribution in [2.24, 2.45) is 0 Å². The van der Waals surface area contributed by atoms with E-state index in [4.69, 9.17) is 4.74 Å². The van der Waals surface area contributed by atoms with Gasteiger partial charge in [0.25, 0.3) is 0 Å².